The Kier molecular flexibility index (Phi) is 6.92. The van der Waals surface area contributed by atoms with Crippen LogP contribution >= 0.6 is 23.2 Å². The third kappa shape index (κ3) is 4.76. The molecule has 2 atom stereocenters. The number of aromatic hydroxyl groups is 1. The quantitative estimate of drug-likeness (QED) is 0.479. The van der Waals surface area contributed by atoms with Crippen molar-refractivity contribution in [2.45, 2.75) is 38.8 Å². The van der Waals surface area contributed by atoms with E-state index in [0.29, 0.717) is 5.56 Å². The molecule has 0 fully saturated rings. The average Bonchev–Trinajstić information content (AvgIpc) is 2.61. The molecule has 0 aliphatic heterocycles. The summed E-state index contributed by atoms with van der Waals surface area (Å²) in [5, 5.41) is 30.3. The molecular weight excluding hydrogens is 414 g/mol. The van der Waals surface area contributed by atoms with Gasteiger partial charge in [-0.15, -0.1) is 0 Å². The number of benzene rings is 1. The fourth-order valence-electron chi connectivity index (χ4n) is 2.39. The molecule has 10 heteroatoms. The Morgan fingerprint density at radius 1 is 1.25 bits per heavy atom. The summed E-state index contributed by atoms with van der Waals surface area (Å²) < 4.78 is 19.8. The summed E-state index contributed by atoms with van der Waals surface area (Å²) in [6.07, 6.45) is -1.32. The van der Waals surface area contributed by atoms with Crippen molar-refractivity contribution in [2.75, 3.05) is 5.32 Å². The number of phenolic OH excluding ortho intramolecular Hbond substituents is 1. The summed E-state index contributed by atoms with van der Waals surface area (Å²) >= 11 is 12.1. The summed E-state index contributed by atoms with van der Waals surface area (Å²) in [6.45, 7) is 4.98. The molecule has 0 bridgehead atoms. The summed E-state index contributed by atoms with van der Waals surface area (Å²) in [4.78, 5) is 14.8. The molecule has 2 aromatic rings. The van der Waals surface area contributed by atoms with Crippen LogP contribution < -0.4 is 10.1 Å². The van der Waals surface area contributed by atoms with Crippen LogP contribution in [0, 0.1) is 5.95 Å². The molecule has 0 radical (unpaired) electrons. The van der Waals surface area contributed by atoms with Crippen LogP contribution in [0.2, 0.25) is 10.0 Å². The maximum absolute atomic E-state index is 14.2. The first-order valence-corrected chi connectivity index (χ1v) is 9.01. The standard InChI is InChI=1S/C18H19Cl2FN2O5/c1-7(2)10-6-9(4-5-11(10)25)28-15-12(19)16(21)23-17(13(15)20)22-14(8(3)24)18(26)27/h4-8,14,24-25H,1-3H3,(H,22,23)(H,26,27)/t8-,14-/m0/s1. The Morgan fingerprint density at radius 3 is 2.43 bits per heavy atom. The van der Waals surface area contributed by atoms with E-state index in [2.05, 4.69) is 10.3 Å². The molecule has 1 aromatic carbocycles. The summed E-state index contributed by atoms with van der Waals surface area (Å²) in [5.74, 6) is -2.87. The number of nitrogens with zero attached hydrogens (tertiary/aromatic N) is 1. The lowest BCUT2D eigenvalue weighted by atomic mass is 10.0. The van der Waals surface area contributed by atoms with Crippen LogP contribution in [0.3, 0.4) is 0 Å². The van der Waals surface area contributed by atoms with Gasteiger partial charge in [-0.3, -0.25) is 0 Å². The summed E-state index contributed by atoms with van der Waals surface area (Å²) in [7, 11) is 0. The molecule has 0 saturated carbocycles. The van der Waals surface area contributed by atoms with Gasteiger partial charge < -0.3 is 25.4 Å². The Labute approximate surface area is 170 Å². The second-order valence-corrected chi connectivity index (χ2v) is 7.14. The van der Waals surface area contributed by atoms with Crippen molar-refractivity contribution in [3.05, 3.63) is 39.8 Å². The predicted octanol–water partition coefficient (Wildman–Crippen LogP) is 4.39. The number of hydrogen-bond donors (Lipinski definition) is 4. The van der Waals surface area contributed by atoms with E-state index >= 15 is 0 Å². The van der Waals surface area contributed by atoms with E-state index in [4.69, 9.17) is 33.0 Å². The first-order valence-electron chi connectivity index (χ1n) is 8.25. The number of aliphatic hydroxyl groups is 1. The van der Waals surface area contributed by atoms with Crippen molar-refractivity contribution in [2.24, 2.45) is 0 Å². The highest BCUT2D eigenvalue weighted by Gasteiger charge is 2.27. The van der Waals surface area contributed by atoms with Gasteiger partial charge in [0.1, 0.15) is 21.5 Å². The number of nitrogens with one attached hydrogen (secondary N) is 1. The molecule has 28 heavy (non-hydrogen) atoms. The van der Waals surface area contributed by atoms with E-state index in [1.165, 1.54) is 19.1 Å². The number of carboxylic acid groups (broad SMARTS) is 1. The van der Waals surface area contributed by atoms with Crippen molar-refractivity contribution in [3.63, 3.8) is 0 Å². The number of pyridine rings is 1. The van der Waals surface area contributed by atoms with Crippen LogP contribution in [0.5, 0.6) is 17.2 Å². The molecule has 0 aliphatic carbocycles. The lowest BCUT2D eigenvalue weighted by Gasteiger charge is -2.20. The molecule has 1 heterocycles. The van der Waals surface area contributed by atoms with Crippen molar-refractivity contribution < 1.29 is 29.2 Å². The zero-order valence-corrected chi connectivity index (χ0v) is 16.7. The zero-order chi connectivity index (χ0) is 21.2. The van der Waals surface area contributed by atoms with E-state index in [1.54, 1.807) is 6.07 Å². The molecule has 0 unspecified atom stereocenters. The van der Waals surface area contributed by atoms with Crippen molar-refractivity contribution in [1.82, 2.24) is 4.98 Å². The van der Waals surface area contributed by atoms with Crippen molar-refractivity contribution in [1.29, 1.82) is 0 Å². The van der Waals surface area contributed by atoms with Crippen molar-refractivity contribution >= 4 is 35.0 Å². The third-order valence-electron chi connectivity index (χ3n) is 3.88. The number of aromatic nitrogens is 1. The summed E-state index contributed by atoms with van der Waals surface area (Å²) in [5.41, 5.74) is 0.595. The largest absolute Gasteiger partial charge is 0.508 e. The number of carbonyl (C=O) groups is 1. The number of phenols is 1. The number of rotatable bonds is 7. The van der Waals surface area contributed by atoms with E-state index in [1.807, 2.05) is 13.8 Å². The Balaban J connectivity index is 2.46. The first kappa shape index (κ1) is 22.0. The molecule has 152 valence electrons. The fourth-order valence-corrected chi connectivity index (χ4v) is 2.85. The average molecular weight is 433 g/mol. The van der Waals surface area contributed by atoms with E-state index in [0.717, 1.165) is 0 Å². The fraction of sp³-hybridized carbons (Fsp3) is 0.333. The smallest absolute Gasteiger partial charge is 0.328 e. The van der Waals surface area contributed by atoms with Gasteiger partial charge >= 0.3 is 5.97 Å². The monoisotopic (exact) mass is 432 g/mol. The third-order valence-corrected chi connectivity index (χ3v) is 4.56. The van der Waals surface area contributed by atoms with Gasteiger partial charge in [0.2, 0.25) is 5.95 Å². The lowest BCUT2D eigenvalue weighted by Crippen LogP contribution is -2.39. The lowest BCUT2D eigenvalue weighted by molar-refractivity contribution is -0.140. The molecule has 2 rings (SSSR count). The van der Waals surface area contributed by atoms with Crippen LogP contribution in [0.1, 0.15) is 32.3 Å². The highest BCUT2D eigenvalue weighted by atomic mass is 35.5. The van der Waals surface area contributed by atoms with Gasteiger partial charge in [0, 0.05) is 5.56 Å². The minimum absolute atomic E-state index is 0.0109. The van der Waals surface area contributed by atoms with Crippen LogP contribution in [-0.2, 0) is 4.79 Å². The number of carboxylic acids is 1. The van der Waals surface area contributed by atoms with E-state index in [-0.39, 0.29) is 34.0 Å². The van der Waals surface area contributed by atoms with Gasteiger partial charge in [-0.2, -0.15) is 9.37 Å². The van der Waals surface area contributed by atoms with E-state index in [9.17, 15) is 19.4 Å². The van der Waals surface area contributed by atoms with Crippen LogP contribution in [0.4, 0.5) is 10.2 Å². The number of aliphatic carboxylic acids is 1. The van der Waals surface area contributed by atoms with Gasteiger partial charge in [0.05, 0.1) is 6.10 Å². The molecule has 0 saturated heterocycles. The normalized spacial score (nSPS) is 13.3. The topological polar surface area (TPSA) is 112 Å². The second kappa shape index (κ2) is 8.81. The minimum Gasteiger partial charge on any atom is -0.508 e. The SMILES string of the molecule is CC(C)c1cc(Oc2c(Cl)c(F)nc(N[C@H](C(=O)O)[C@H](C)O)c2Cl)ccc1O. The highest BCUT2D eigenvalue weighted by Crippen LogP contribution is 2.42. The Morgan fingerprint density at radius 2 is 1.89 bits per heavy atom. The molecule has 4 N–H and O–H groups in total. The molecule has 0 spiro atoms. The Bertz CT molecular complexity index is 893. The molecule has 7 nitrogen and oxygen atoms in total. The molecule has 0 aliphatic rings. The first-order chi connectivity index (χ1) is 13.0. The molecular formula is C18H19Cl2FN2O5. The van der Waals surface area contributed by atoms with Gasteiger partial charge in [-0.05, 0) is 31.0 Å². The second-order valence-electron chi connectivity index (χ2n) is 6.39. The van der Waals surface area contributed by atoms with Crippen LogP contribution in [-0.4, -0.2) is 38.4 Å². The molecule has 1 aromatic heterocycles. The number of hydrogen-bond acceptors (Lipinski definition) is 6. The summed E-state index contributed by atoms with van der Waals surface area (Å²) in [6, 6.07) is 2.92. The predicted molar refractivity (Wildman–Crippen MR) is 103 cm³/mol. The Hall–Kier alpha value is -2.29. The number of ether oxygens (including phenoxy) is 1. The molecule has 0 amide bonds. The number of halogens is 3. The maximum atomic E-state index is 14.2. The van der Waals surface area contributed by atoms with Gasteiger partial charge in [0.25, 0.3) is 0 Å². The van der Waals surface area contributed by atoms with Crippen LogP contribution in [0.25, 0.3) is 0 Å². The van der Waals surface area contributed by atoms with Gasteiger partial charge in [-0.1, -0.05) is 37.0 Å². The van der Waals surface area contributed by atoms with Gasteiger partial charge in [0.15, 0.2) is 17.6 Å². The number of anilines is 1. The van der Waals surface area contributed by atoms with E-state index < -0.39 is 29.1 Å². The highest BCUT2D eigenvalue weighted by molar-refractivity contribution is 6.38. The maximum Gasteiger partial charge on any atom is 0.328 e. The van der Waals surface area contributed by atoms with Crippen LogP contribution in [0.15, 0.2) is 18.2 Å². The zero-order valence-electron chi connectivity index (χ0n) is 15.2. The van der Waals surface area contributed by atoms with Crippen molar-refractivity contribution in [3.8, 4) is 17.2 Å². The minimum atomic E-state index is -1.49. The number of aliphatic hydroxyl groups excluding tert-OH is 1. The van der Waals surface area contributed by atoms with Gasteiger partial charge in [-0.25, -0.2) is 4.79 Å².